The summed E-state index contributed by atoms with van der Waals surface area (Å²) in [7, 11) is 0. The number of aromatic hydroxyl groups is 2. The van der Waals surface area contributed by atoms with Gasteiger partial charge in [-0.1, -0.05) is 13.0 Å². The molecule has 0 aliphatic rings. The lowest BCUT2D eigenvalue weighted by Gasteiger charge is -2.02. The molecule has 0 aliphatic heterocycles. The van der Waals surface area contributed by atoms with Gasteiger partial charge in [0.05, 0.1) is 0 Å². The second-order valence-corrected chi connectivity index (χ2v) is 3.67. The van der Waals surface area contributed by atoms with Gasteiger partial charge < -0.3 is 15.5 Å². The maximum atomic E-state index is 11.6. The smallest absolute Gasteiger partial charge is 0.261 e. The molecule has 0 radical (unpaired) electrons. The highest BCUT2D eigenvalue weighted by molar-refractivity contribution is 6.01. The minimum atomic E-state index is -0.452. The third-order valence-electron chi connectivity index (χ3n) is 2.21. The van der Waals surface area contributed by atoms with E-state index in [1.54, 1.807) is 6.07 Å². The molecule has 0 atom stereocenters. The van der Waals surface area contributed by atoms with Gasteiger partial charge in [-0.15, -0.1) is 0 Å². The number of hydrogen-bond donors (Lipinski definition) is 3. The van der Waals surface area contributed by atoms with Gasteiger partial charge in [-0.3, -0.25) is 4.79 Å². The van der Waals surface area contributed by atoms with Crippen LogP contribution in [0.1, 0.15) is 18.9 Å². The largest absolute Gasteiger partial charge is 0.504 e. The van der Waals surface area contributed by atoms with Crippen LogP contribution in [0.5, 0.6) is 11.5 Å². The van der Waals surface area contributed by atoms with E-state index in [1.807, 2.05) is 6.92 Å². The van der Waals surface area contributed by atoms with Crippen molar-refractivity contribution in [2.45, 2.75) is 13.3 Å². The Morgan fingerprint density at radius 2 is 2.17 bits per heavy atom. The number of amides is 1. The monoisotopic (exact) mass is 246 g/mol. The topological polar surface area (TPSA) is 93.4 Å². The van der Waals surface area contributed by atoms with Crippen molar-refractivity contribution in [3.63, 3.8) is 0 Å². The third kappa shape index (κ3) is 3.52. The molecule has 5 heteroatoms. The number of benzene rings is 1. The lowest BCUT2D eigenvalue weighted by atomic mass is 10.1. The molecule has 0 heterocycles. The molecular weight excluding hydrogens is 232 g/mol. The van der Waals surface area contributed by atoms with Crippen LogP contribution in [0, 0.1) is 11.3 Å². The highest BCUT2D eigenvalue weighted by Crippen LogP contribution is 2.25. The Morgan fingerprint density at radius 1 is 1.44 bits per heavy atom. The van der Waals surface area contributed by atoms with Gasteiger partial charge in [-0.05, 0) is 30.2 Å². The van der Waals surface area contributed by atoms with E-state index >= 15 is 0 Å². The lowest BCUT2D eigenvalue weighted by molar-refractivity contribution is -0.117. The van der Waals surface area contributed by atoms with Crippen LogP contribution in [0.3, 0.4) is 0 Å². The molecule has 3 N–H and O–H groups in total. The lowest BCUT2D eigenvalue weighted by Crippen LogP contribution is -2.25. The number of phenolic OH excluding ortho intramolecular Hbond substituents is 2. The Morgan fingerprint density at radius 3 is 2.72 bits per heavy atom. The first-order valence-corrected chi connectivity index (χ1v) is 5.50. The van der Waals surface area contributed by atoms with Crippen molar-refractivity contribution in [3.8, 4) is 17.6 Å². The summed E-state index contributed by atoms with van der Waals surface area (Å²) in [4.78, 5) is 11.6. The first-order chi connectivity index (χ1) is 8.58. The first kappa shape index (κ1) is 13.6. The maximum absolute atomic E-state index is 11.6. The summed E-state index contributed by atoms with van der Waals surface area (Å²) in [6, 6.07) is 5.87. The van der Waals surface area contributed by atoms with Gasteiger partial charge >= 0.3 is 0 Å². The minimum absolute atomic E-state index is 0.0476. The molecule has 0 aliphatic carbocycles. The summed E-state index contributed by atoms with van der Waals surface area (Å²) >= 11 is 0. The number of carbonyl (C=O) groups is 1. The van der Waals surface area contributed by atoms with Crippen molar-refractivity contribution in [2.24, 2.45) is 0 Å². The zero-order valence-corrected chi connectivity index (χ0v) is 9.97. The van der Waals surface area contributed by atoms with Crippen LogP contribution in [-0.4, -0.2) is 22.7 Å². The van der Waals surface area contributed by atoms with E-state index in [0.717, 1.165) is 6.42 Å². The van der Waals surface area contributed by atoms with Crippen molar-refractivity contribution in [1.29, 1.82) is 5.26 Å². The average molecular weight is 246 g/mol. The van der Waals surface area contributed by atoms with Crippen molar-refractivity contribution in [3.05, 3.63) is 29.3 Å². The molecule has 1 aromatic carbocycles. The van der Waals surface area contributed by atoms with Crippen molar-refractivity contribution < 1.29 is 15.0 Å². The van der Waals surface area contributed by atoms with Crippen molar-refractivity contribution in [1.82, 2.24) is 5.32 Å². The number of hydrogen-bond acceptors (Lipinski definition) is 4. The van der Waals surface area contributed by atoms with E-state index in [1.165, 1.54) is 24.3 Å². The molecule has 1 rings (SSSR count). The maximum Gasteiger partial charge on any atom is 0.261 e. The van der Waals surface area contributed by atoms with Gasteiger partial charge in [0.2, 0.25) is 0 Å². The quantitative estimate of drug-likeness (QED) is 0.426. The first-order valence-electron chi connectivity index (χ1n) is 5.50. The van der Waals surface area contributed by atoms with Gasteiger partial charge in [0.25, 0.3) is 5.91 Å². The average Bonchev–Trinajstić information content (AvgIpc) is 2.37. The van der Waals surface area contributed by atoms with Gasteiger partial charge in [0.1, 0.15) is 11.6 Å². The van der Waals surface area contributed by atoms with E-state index in [-0.39, 0.29) is 17.1 Å². The molecule has 18 heavy (non-hydrogen) atoms. The van der Waals surface area contributed by atoms with Crippen LogP contribution in [0.4, 0.5) is 0 Å². The van der Waals surface area contributed by atoms with Crippen LogP contribution in [0.25, 0.3) is 6.08 Å². The number of nitriles is 1. The fourth-order valence-electron chi connectivity index (χ4n) is 1.28. The molecule has 94 valence electrons. The molecule has 0 unspecified atom stereocenters. The van der Waals surface area contributed by atoms with Crippen molar-refractivity contribution in [2.75, 3.05) is 6.54 Å². The molecule has 1 amide bonds. The van der Waals surface area contributed by atoms with Crippen LogP contribution in [0.15, 0.2) is 23.8 Å². The number of phenols is 2. The Hall–Kier alpha value is -2.48. The SMILES string of the molecule is CCCNC(=O)/C(C#N)=C/c1ccc(O)c(O)c1. The Kier molecular flexibility index (Phi) is 4.76. The molecule has 0 spiro atoms. The van der Waals surface area contributed by atoms with Crippen LogP contribution in [-0.2, 0) is 4.79 Å². The van der Waals surface area contributed by atoms with Gasteiger partial charge in [-0.25, -0.2) is 0 Å². The molecule has 0 bridgehead atoms. The summed E-state index contributed by atoms with van der Waals surface area (Å²) in [5, 5.41) is 29.9. The third-order valence-corrected chi connectivity index (χ3v) is 2.21. The second kappa shape index (κ2) is 6.30. The fraction of sp³-hybridized carbons (Fsp3) is 0.231. The van der Waals surface area contributed by atoms with Gasteiger partial charge in [-0.2, -0.15) is 5.26 Å². The highest BCUT2D eigenvalue weighted by atomic mass is 16.3. The summed E-state index contributed by atoms with van der Waals surface area (Å²) in [6.45, 7) is 2.41. The molecule has 0 saturated carbocycles. The Labute approximate surface area is 105 Å². The molecule has 0 fully saturated rings. The number of rotatable bonds is 4. The van der Waals surface area contributed by atoms with Crippen LogP contribution < -0.4 is 5.32 Å². The fourth-order valence-corrected chi connectivity index (χ4v) is 1.28. The summed E-state index contributed by atoms with van der Waals surface area (Å²) in [5.74, 6) is -0.997. The number of nitrogens with one attached hydrogen (secondary N) is 1. The van der Waals surface area contributed by atoms with E-state index in [4.69, 9.17) is 10.4 Å². The second-order valence-electron chi connectivity index (χ2n) is 3.67. The van der Waals surface area contributed by atoms with Crippen LogP contribution in [0.2, 0.25) is 0 Å². The predicted octanol–water partition coefficient (Wildman–Crippen LogP) is 1.53. The zero-order chi connectivity index (χ0) is 13.5. The number of carbonyl (C=O) groups excluding carboxylic acids is 1. The predicted molar refractivity (Wildman–Crippen MR) is 66.7 cm³/mol. The van der Waals surface area contributed by atoms with Crippen molar-refractivity contribution >= 4 is 12.0 Å². The molecule has 0 aromatic heterocycles. The Bertz CT molecular complexity index is 515. The number of nitrogens with zero attached hydrogens (tertiary/aromatic N) is 1. The standard InChI is InChI=1S/C13H14N2O3/c1-2-5-15-13(18)10(8-14)6-9-3-4-11(16)12(17)7-9/h3-4,6-7,16-17H,2,5H2,1H3,(H,15,18)/b10-6+. The summed E-state index contributed by atoms with van der Waals surface area (Å²) in [6.07, 6.45) is 2.13. The Balaban J connectivity index is 2.94. The summed E-state index contributed by atoms with van der Waals surface area (Å²) < 4.78 is 0. The van der Waals surface area contributed by atoms with Gasteiger partial charge in [0, 0.05) is 6.54 Å². The van der Waals surface area contributed by atoms with Crippen LogP contribution >= 0.6 is 0 Å². The minimum Gasteiger partial charge on any atom is -0.504 e. The van der Waals surface area contributed by atoms with Gasteiger partial charge in [0.15, 0.2) is 11.5 Å². The molecule has 5 nitrogen and oxygen atoms in total. The molecule has 0 saturated heterocycles. The highest BCUT2D eigenvalue weighted by Gasteiger charge is 2.08. The molecule has 1 aromatic rings. The van der Waals surface area contributed by atoms with E-state index in [0.29, 0.717) is 12.1 Å². The normalized spacial score (nSPS) is 10.8. The molecular formula is C13H14N2O3. The van der Waals surface area contributed by atoms with E-state index in [9.17, 15) is 9.90 Å². The summed E-state index contributed by atoms with van der Waals surface area (Å²) in [5.41, 5.74) is 0.419. The van der Waals surface area contributed by atoms with E-state index < -0.39 is 5.91 Å². The zero-order valence-electron chi connectivity index (χ0n) is 9.97. The van der Waals surface area contributed by atoms with E-state index in [2.05, 4.69) is 5.32 Å².